The molecule has 4 N–H and O–H groups in total. The van der Waals surface area contributed by atoms with E-state index >= 15 is 0 Å². The fourth-order valence-electron chi connectivity index (χ4n) is 2.01. The molecule has 1 aliphatic rings. The largest absolute Gasteiger partial charge is 0.469 e. The Hall–Kier alpha value is -1.29. The third-order valence-corrected chi connectivity index (χ3v) is 3.55. The van der Waals surface area contributed by atoms with Gasteiger partial charge in [0.1, 0.15) is 12.3 Å². The van der Waals surface area contributed by atoms with E-state index in [1.54, 1.807) is 0 Å². The van der Waals surface area contributed by atoms with Crippen LogP contribution in [0.3, 0.4) is 0 Å². The lowest BCUT2D eigenvalue weighted by atomic mass is 10.2. The molecule has 1 aliphatic heterocycles. The molecule has 1 fully saturated rings. The molecular weight excluding hydrogens is 307 g/mol. The lowest BCUT2D eigenvalue weighted by Crippen LogP contribution is -2.33. The van der Waals surface area contributed by atoms with Crippen molar-refractivity contribution in [2.45, 2.75) is 31.8 Å². The molecule has 1 unspecified atom stereocenters. The van der Waals surface area contributed by atoms with Crippen LogP contribution < -0.4 is 11.2 Å². The lowest BCUT2D eigenvalue weighted by molar-refractivity contribution is -0.0451. The first-order valence-corrected chi connectivity index (χ1v) is 7.56. The normalized spacial score (nSPS) is 26.2. The van der Waals surface area contributed by atoms with Crippen LogP contribution in [0.5, 0.6) is 0 Å². The van der Waals surface area contributed by atoms with Gasteiger partial charge in [-0.3, -0.25) is 18.9 Å². The Morgan fingerprint density at radius 3 is 2.81 bits per heavy atom. The lowest BCUT2D eigenvalue weighted by Gasteiger charge is -2.16. The van der Waals surface area contributed by atoms with Crippen LogP contribution in [0.15, 0.2) is 15.8 Å². The first-order valence-electron chi connectivity index (χ1n) is 6.03. The Morgan fingerprint density at radius 2 is 2.19 bits per heavy atom. The molecule has 11 heteroatoms. The molecule has 1 saturated heterocycles. The van der Waals surface area contributed by atoms with Crippen LogP contribution in [0, 0.1) is 6.92 Å². The minimum absolute atomic E-state index is 0.0283. The van der Waals surface area contributed by atoms with Gasteiger partial charge in [-0.2, -0.15) is 0 Å². The molecule has 0 aromatic carbocycles. The van der Waals surface area contributed by atoms with Crippen LogP contribution >= 0.6 is 7.82 Å². The molecule has 0 saturated carbocycles. The zero-order valence-corrected chi connectivity index (χ0v) is 11.9. The second kappa shape index (κ2) is 5.84. The fourth-order valence-corrected chi connectivity index (χ4v) is 2.35. The van der Waals surface area contributed by atoms with Gasteiger partial charge < -0.3 is 19.6 Å². The number of ether oxygens (including phenoxy) is 1. The second-order valence-corrected chi connectivity index (χ2v) is 5.94. The number of aromatic nitrogens is 2. The molecule has 0 aliphatic carbocycles. The number of phosphoric ester groups is 1. The van der Waals surface area contributed by atoms with Crippen LogP contribution in [-0.4, -0.2) is 43.3 Å². The molecule has 2 rings (SSSR count). The Bertz CT molecular complexity index is 676. The Morgan fingerprint density at radius 1 is 1.52 bits per heavy atom. The predicted octanol–water partition coefficient (Wildman–Crippen LogP) is -1.40. The number of aromatic amines is 1. The van der Waals surface area contributed by atoms with Gasteiger partial charge in [-0.25, -0.2) is 9.36 Å². The number of phosphoric acid groups is 1. The monoisotopic (exact) mass is 322 g/mol. The van der Waals surface area contributed by atoms with E-state index in [0.29, 0.717) is 5.56 Å². The van der Waals surface area contributed by atoms with E-state index < -0.39 is 44.1 Å². The van der Waals surface area contributed by atoms with Gasteiger partial charge in [0.2, 0.25) is 0 Å². The van der Waals surface area contributed by atoms with Gasteiger partial charge >= 0.3 is 13.5 Å². The number of hydrogen-bond acceptors (Lipinski definition) is 6. The van der Waals surface area contributed by atoms with Crippen LogP contribution in [-0.2, 0) is 13.8 Å². The van der Waals surface area contributed by atoms with E-state index in [-0.39, 0.29) is 6.42 Å². The van der Waals surface area contributed by atoms with E-state index in [2.05, 4.69) is 9.51 Å². The second-order valence-electron chi connectivity index (χ2n) is 4.70. The molecule has 1 aromatic heterocycles. The first-order chi connectivity index (χ1) is 9.67. The average Bonchev–Trinajstić information content (AvgIpc) is 2.72. The standard InChI is InChI=1S/C10H15N2O8P/c1-5-3-12(10(15)11-9(5)14)8-2-6(13)7(20-8)4-19-21(16,17)18/h3,6-8,13H,2,4H2,1H3,(H,11,14,15)(H2,16,17,18)/t6-,7+,8?/m0/s1. The summed E-state index contributed by atoms with van der Waals surface area (Å²) >= 11 is 0. The van der Waals surface area contributed by atoms with Crippen molar-refractivity contribution in [2.75, 3.05) is 6.61 Å². The molecular formula is C10H15N2O8P. The highest BCUT2D eigenvalue weighted by Crippen LogP contribution is 2.38. The fraction of sp³-hybridized carbons (Fsp3) is 0.600. The summed E-state index contributed by atoms with van der Waals surface area (Å²) in [6.07, 6.45) is -1.57. The third-order valence-electron chi connectivity index (χ3n) is 3.07. The summed E-state index contributed by atoms with van der Waals surface area (Å²) in [4.78, 5) is 42.3. The minimum Gasteiger partial charge on any atom is -0.390 e. The van der Waals surface area contributed by atoms with Gasteiger partial charge in [0.25, 0.3) is 5.56 Å². The van der Waals surface area contributed by atoms with Gasteiger partial charge in [-0.15, -0.1) is 0 Å². The van der Waals surface area contributed by atoms with Crippen molar-refractivity contribution < 1.29 is 28.7 Å². The number of rotatable bonds is 4. The van der Waals surface area contributed by atoms with Gasteiger partial charge in [0.15, 0.2) is 0 Å². The number of hydrogen-bond donors (Lipinski definition) is 4. The molecule has 0 amide bonds. The molecule has 10 nitrogen and oxygen atoms in total. The number of nitrogens with one attached hydrogen (secondary N) is 1. The van der Waals surface area contributed by atoms with Crippen LogP contribution in [0.1, 0.15) is 18.2 Å². The summed E-state index contributed by atoms with van der Waals surface area (Å²) in [5.74, 6) is 0. The molecule has 0 radical (unpaired) electrons. The molecule has 118 valence electrons. The van der Waals surface area contributed by atoms with Crippen molar-refractivity contribution in [3.63, 3.8) is 0 Å². The van der Waals surface area contributed by atoms with E-state index in [4.69, 9.17) is 14.5 Å². The van der Waals surface area contributed by atoms with E-state index in [1.807, 2.05) is 0 Å². The highest BCUT2D eigenvalue weighted by molar-refractivity contribution is 7.46. The highest BCUT2D eigenvalue weighted by atomic mass is 31.2. The Labute approximate surface area is 118 Å². The van der Waals surface area contributed by atoms with Crippen molar-refractivity contribution in [3.05, 3.63) is 32.6 Å². The molecule has 21 heavy (non-hydrogen) atoms. The number of aliphatic hydroxyl groups is 1. The molecule has 0 bridgehead atoms. The quantitative estimate of drug-likeness (QED) is 0.494. The Kier molecular flexibility index (Phi) is 4.47. The number of nitrogens with zero attached hydrogens (tertiary/aromatic N) is 1. The van der Waals surface area contributed by atoms with Crippen LogP contribution in [0.4, 0.5) is 0 Å². The molecule has 0 spiro atoms. The van der Waals surface area contributed by atoms with Gasteiger partial charge in [0, 0.05) is 18.2 Å². The molecule has 2 heterocycles. The third kappa shape index (κ3) is 3.88. The zero-order valence-electron chi connectivity index (χ0n) is 11.0. The first kappa shape index (κ1) is 16.1. The maximum Gasteiger partial charge on any atom is 0.469 e. The predicted molar refractivity (Wildman–Crippen MR) is 68.6 cm³/mol. The summed E-state index contributed by atoms with van der Waals surface area (Å²) in [5, 5.41) is 9.79. The summed E-state index contributed by atoms with van der Waals surface area (Å²) in [6, 6.07) is 0. The minimum atomic E-state index is -4.67. The van der Waals surface area contributed by atoms with Gasteiger partial charge in [-0.05, 0) is 6.92 Å². The van der Waals surface area contributed by atoms with Crippen molar-refractivity contribution in [2.24, 2.45) is 0 Å². The number of H-pyrrole nitrogens is 1. The van der Waals surface area contributed by atoms with Crippen molar-refractivity contribution in [1.82, 2.24) is 9.55 Å². The van der Waals surface area contributed by atoms with E-state index in [0.717, 1.165) is 4.57 Å². The summed E-state index contributed by atoms with van der Waals surface area (Å²) in [7, 11) is -4.67. The average molecular weight is 322 g/mol. The smallest absolute Gasteiger partial charge is 0.390 e. The van der Waals surface area contributed by atoms with Crippen molar-refractivity contribution in [1.29, 1.82) is 0 Å². The maximum atomic E-state index is 11.7. The number of aliphatic hydroxyl groups excluding tert-OH is 1. The summed E-state index contributed by atoms with van der Waals surface area (Å²) < 4.78 is 21.4. The highest BCUT2D eigenvalue weighted by Gasteiger charge is 2.37. The molecule has 1 aromatic rings. The Balaban J connectivity index is 2.14. The number of aryl methyl sites for hydroxylation is 1. The SMILES string of the molecule is Cc1cn(C2C[C@H](O)[C@@H](COP(=O)(O)O)O2)c(=O)[nH]c1=O. The maximum absolute atomic E-state index is 11.7. The van der Waals surface area contributed by atoms with E-state index in [9.17, 15) is 19.3 Å². The molecule has 3 atom stereocenters. The van der Waals surface area contributed by atoms with E-state index in [1.165, 1.54) is 13.1 Å². The van der Waals surface area contributed by atoms with Crippen LogP contribution in [0.25, 0.3) is 0 Å². The van der Waals surface area contributed by atoms with Crippen molar-refractivity contribution in [3.8, 4) is 0 Å². The van der Waals surface area contributed by atoms with Gasteiger partial charge in [0.05, 0.1) is 12.7 Å². The summed E-state index contributed by atoms with van der Waals surface area (Å²) in [6.45, 7) is 0.994. The van der Waals surface area contributed by atoms with Crippen LogP contribution in [0.2, 0.25) is 0 Å². The van der Waals surface area contributed by atoms with Crippen molar-refractivity contribution >= 4 is 7.82 Å². The zero-order chi connectivity index (χ0) is 15.8. The van der Waals surface area contributed by atoms with Gasteiger partial charge in [-0.1, -0.05) is 0 Å². The summed E-state index contributed by atoms with van der Waals surface area (Å²) in [5.41, 5.74) is -0.918. The topological polar surface area (TPSA) is 151 Å².